The fourth-order valence-corrected chi connectivity index (χ4v) is 6.98. The zero-order valence-corrected chi connectivity index (χ0v) is 23.8. The van der Waals surface area contributed by atoms with Crippen LogP contribution in [-0.4, -0.2) is 55.1 Å². The Balaban J connectivity index is 1.28. The molecule has 4 N–H and O–H groups in total. The van der Waals surface area contributed by atoms with Crippen molar-refractivity contribution < 1.29 is 26.0 Å². The number of rotatable bonds is 10. The van der Waals surface area contributed by atoms with E-state index in [2.05, 4.69) is 30.8 Å². The minimum atomic E-state index is -3.57. The molecule has 0 aromatic carbocycles. The molecule has 6 rings (SSSR count). The molecule has 1 atom stereocenters. The molecule has 11 nitrogen and oxygen atoms in total. The molecule has 0 amide bonds. The lowest BCUT2D eigenvalue weighted by Crippen LogP contribution is -2.50. The first-order valence-corrected chi connectivity index (χ1v) is 15.5. The summed E-state index contributed by atoms with van der Waals surface area (Å²) in [5.41, 5.74) is 7.48. The van der Waals surface area contributed by atoms with Gasteiger partial charge >= 0.3 is 6.55 Å². The quantitative estimate of drug-likeness (QED) is 0.289. The minimum absolute atomic E-state index is 0.0477. The van der Waals surface area contributed by atoms with E-state index in [4.69, 9.17) is 5.73 Å². The number of aromatic nitrogens is 6. The lowest BCUT2D eigenvalue weighted by molar-refractivity contribution is 0.0565. The Morgan fingerprint density at radius 2 is 1.88 bits per heavy atom. The van der Waals surface area contributed by atoms with Gasteiger partial charge in [0.15, 0.2) is 11.5 Å². The molecule has 0 spiro atoms. The lowest BCUT2D eigenvalue weighted by Gasteiger charge is -2.35. The van der Waals surface area contributed by atoms with Crippen LogP contribution in [0.5, 0.6) is 0 Å². The maximum Gasteiger partial charge on any atom is 0.333 e. The van der Waals surface area contributed by atoms with Crippen molar-refractivity contribution in [3.8, 4) is 11.4 Å². The third kappa shape index (κ3) is 6.16. The summed E-state index contributed by atoms with van der Waals surface area (Å²) >= 11 is 0. The van der Waals surface area contributed by atoms with Gasteiger partial charge in [0, 0.05) is 42.3 Å². The molecule has 3 aromatic heterocycles. The van der Waals surface area contributed by atoms with E-state index >= 15 is 0 Å². The van der Waals surface area contributed by atoms with Gasteiger partial charge in [0.2, 0.25) is 6.43 Å². The summed E-state index contributed by atoms with van der Waals surface area (Å²) in [6.45, 7) is -2.81. The van der Waals surface area contributed by atoms with E-state index in [-0.39, 0.29) is 29.9 Å². The van der Waals surface area contributed by atoms with Gasteiger partial charge in [-0.05, 0) is 62.7 Å². The number of alkyl halides is 4. The fourth-order valence-electron chi connectivity index (χ4n) is 5.51. The summed E-state index contributed by atoms with van der Waals surface area (Å²) in [4.78, 5) is 8.88. The highest BCUT2D eigenvalue weighted by Crippen LogP contribution is 2.34. The van der Waals surface area contributed by atoms with Crippen molar-refractivity contribution in [2.45, 2.75) is 74.9 Å². The molecule has 230 valence electrons. The molecule has 1 aliphatic heterocycles. The molecule has 4 heterocycles. The van der Waals surface area contributed by atoms with Crippen molar-refractivity contribution in [1.82, 2.24) is 39.6 Å². The van der Waals surface area contributed by atoms with Crippen LogP contribution in [0, 0.1) is 5.92 Å². The van der Waals surface area contributed by atoms with Gasteiger partial charge in [-0.2, -0.15) is 23.1 Å². The van der Waals surface area contributed by atoms with Gasteiger partial charge in [0.25, 0.3) is 10.0 Å². The Kier molecular flexibility index (Phi) is 7.75. The molecule has 3 aromatic rings. The first-order chi connectivity index (χ1) is 20.5. The summed E-state index contributed by atoms with van der Waals surface area (Å²) in [5.74, 6) is 0.167. The van der Waals surface area contributed by atoms with Crippen LogP contribution in [0.15, 0.2) is 54.9 Å². The Bertz CT molecular complexity index is 1640. The average molecular weight is 622 g/mol. The summed E-state index contributed by atoms with van der Waals surface area (Å²) in [6, 6.07) is 3.02. The van der Waals surface area contributed by atoms with E-state index in [1.807, 2.05) is 0 Å². The number of allylic oxidation sites excluding steroid dienone is 1. The highest BCUT2D eigenvalue weighted by Gasteiger charge is 2.38. The molecular weight excluding hydrogens is 590 g/mol. The first-order valence-electron chi connectivity index (χ1n) is 14.0. The van der Waals surface area contributed by atoms with E-state index in [9.17, 15) is 26.0 Å². The van der Waals surface area contributed by atoms with Gasteiger partial charge in [-0.25, -0.2) is 31.8 Å². The average Bonchev–Trinajstić information content (AvgIpc) is 3.51. The Morgan fingerprint density at radius 3 is 2.56 bits per heavy atom. The Morgan fingerprint density at radius 1 is 1.12 bits per heavy atom. The maximum absolute atomic E-state index is 13.3. The largest absolute Gasteiger partial charge is 0.382 e. The van der Waals surface area contributed by atoms with Crippen LogP contribution in [-0.2, 0) is 15.7 Å². The highest BCUT2D eigenvalue weighted by atomic mass is 32.2. The minimum Gasteiger partial charge on any atom is -0.382 e. The number of nitrogens with two attached hydrogens (primary N) is 1. The van der Waals surface area contributed by atoms with Crippen molar-refractivity contribution in [1.29, 1.82) is 0 Å². The Hall–Kier alpha value is -3.79. The van der Waals surface area contributed by atoms with Crippen molar-refractivity contribution in [3.63, 3.8) is 0 Å². The zero-order chi connectivity index (χ0) is 30.4. The number of hydrogen-bond donors (Lipinski definition) is 3. The van der Waals surface area contributed by atoms with Crippen LogP contribution < -0.4 is 16.4 Å². The molecule has 2 saturated carbocycles. The monoisotopic (exact) mass is 621 g/mol. The first kappa shape index (κ1) is 29.3. The van der Waals surface area contributed by atoms with Crippen LogP contribution in [0.25, 0.3) is 17.0 Å². The molecule has 2 fully saturated rings. The van der Waals surface area contributed by atoms with Crippen molar-refractivity contribution in [2.75, 3.05) is 0 Å². The Labute approximate surface area is 245 Å². The van der Waals surface area contributed by atoms with Crippen LogP contribution in [0.3, 0.4) is 0 Å². The van der Waals surface area contributed by atoms with Gasteiger partial charge < -0.3 is 16.4 Å². The highest BCUT2D eigenvalue weighted by molar-refractivity contribution is 7.90. The predicted molar refractivity (Wildman–Crippen MR) is 149 cm³/mol. The maximum atomic E-state index is 13.3. The lowest BCUT2D eigenvalue weighted by atomic mass is 9.83. The third-order valence-electron chi connectivity index (χ3n) is 8.02. The summed E-state index contributed by atoms with van der Waals surface area (Å²) < 4.78 is 79.0. The molecule has 0 bridgehead atoms. The number of nitrogens with zero attached hydrogens (tertiary/aromatic N) is 6. The smallest absolute Gasteiger partial charge is 0.333 e. The molecule has 3 aliphatic rings. The van der Waals surface area contributed by atoms with Crippen LogP contribution in [0.4, 0.5) is 17.6 Å². The third-order valence-corrected chi connectivity index (χ3v) is 10.1. The number of hydrogen-bond acceptors (Lipinski definition) is 9. The van der Waals surface area contributed by atoms with E-state index in [1.54, 1.807) is 18.3 Å². The molecule has 1 unspecified atom stereocenters. The van der Waals surface area contributed by atoms with Crippen LogP contribution >= 0.6 is 0 Å². The van der Waals surface area contributed by atoms with Gasteiger partial charge in [0.05, 0.1) is 34.6 Å². The topological polar surface area (TPSA) is 146 Å². The van der Waals surface area contributed by atoms with E-state index < -0.39 is 33.9 Å². The summed E-state index contributed by atoms with van der Waals surface area (Å²) in [7, 11) is -3.57. The molecule has 2 aliphatic carbocycles. The molecular formula is C27H31F4N9O2S. The summed E-state index contributed by atoms with van der Waals surface area (Å²) in [5, 5.41) is 14.1. The van der Waals surface area contributed by atoms with Crippen LogP contribution in [0.2, 0.25) is 0 Å². The van der Waals surface area contributed by atoms with E-state index in [0.717, 1.165) is 4.09 Å². The molecule has 0 radical (unpaired) electrons. The van der Waals surface area contributed by atoms with Crippen molar-refractivity contribution >= 4 is 15.6 Å². The normalized spacial score (nSPS) is 24.5. The number of nitrogens with one attached hydrogen (secondary N) is 2. The van der Waals surface area contributed by atoms with Gasteiger partial charge in [-0.1, -0.05) is 0 Å². The van der Waals surface area contributed by atoms with Gasteiger partial charge in [0.1, 0.15) is 0 Å². The predicted octanol–water partition coefficient (Wildman–Crippen LogP) is 3.72. The van der Waals surface area contributed by atoms with Gasteiger partial charge in [-0.15, -0.1) is 0 Å². The molecule has 43 heavy (non-hydrogen) atoms. The second-order valence-corrected chi connectivity index (χ2v) is 13.3. The second kappa shape index (κ2) is 11.4. The number of halogens is 4. The second-order valence-electron chi connectivity index (χ2n) is 11.2. The fraction of sp³-hybridized carbons (Fsp3) is 0.481. The van der Waals surface area contributed by atoms with E-state index in [1.165, 1.54) is 30.9 Å². The standard InChI is InChI=1S/C27H31F4N9O2S/c28-24(29)11-16-1-3-18(4-2-16)36-22-12-27(32,34-14-20(22)21-8-10-39(38-21)26(30)31)23-7-9-33-25(37-23)17-13-35-40(15-17)43(41,42)19-5-6-19/h7-10,12-16,18-19,24,26,34,36H,1-6,11,32H2. The summed E-state index contributed by atoms with van der Waals surface area (Å²) in [6.07, 6.45) is 10.0. The molecule has 0 saturated heterocycles. The molecule has 16 heteroatoms. The van der Waals surface area contributed by atoms with Gasteiger partial charge in [-0.3, -0.25) is 0 Å². The number of dihydropyridines is 1. The van der Waals surface area contributed by atoms with Crippen molar-refractivity contribution in [2.24, 2.45) is 11.7 Å². The van der Waals surface area contributed by atoms with E-state index in [0.29, 0.717) is 65.7 Å². The SMILES string of the molecule is NC1(c2ccnc(-c3cnn(S(=O)(=O)C4CC4)c3)n2)C=C(NC2CCC(CC(F)F)CC2)C(c2ccn(C(F)F)n2)=CN1. The zero-order valence-electron chi connectivity index (χ0n) is 23.0. The van der Waals surface area contributed by atoms with Crippen molar-refractivity contribution in [3.05, 3.63) is 66.3 Å². The van der Waals surface area contributed by atoms with Crippen LogP contribution in [0.1, 0.15) is 62.9 Å².